The molecule has 2 aromatic rings. The number of pyridine rings is 1. The van der Waals surface area contributed by atoms with Crippen LogP contribution in [0.1, 0.15) is 35.7 Å². The summed E-state index contributed by atoms with van der Waals surface area (Å²) in [6.45, 7) is 3.11. The normalized spacial score (nSPS) is 14.3. The van der Waals surface area contributed by atoms with Crippen molar-refractivity contribution in [3.05, 3.63) is 53.7 Å². The molecular weight excluding hydrogens is 302 g/mol. The third-order valence-electron chi connectivity index (χ3n) is 4.30. The van der Waals surface area contributed by atoms with Gasteiger partial charge in [0.15, 0.2) is 0 Å². The second-order valence-corrected chi connectivity index (χ2v) is 6.06. The molecule has 2 heterocycles. The fraction of sp³-hybridized carbons (Fsp3) is 0.368. The minimum atomic E-state index is -0.438. The molecule has 0 saturated heterocycles. The number of fused-ring (bicyclic) bond motifs is 1. The molecule has 1 unspecified atom stereocenters. The summed E-state index contributed by atoms with van der Waals surface area (Å²) >= 11 is 0. The monoisotopic (exact) mass is 325 g/mol. The highest BCUT2D eigenvalue weighted by atomic mass is 16.3. The molecule has 2 N–H and O–H groups in total. The van der Waals surface area contributed by atoms with Crippen LogP contribution in [-0.2, 0) is 6.42 Å². The van der Waals surface area contributed by atoms with E-state index in [1.165, 1.54) is 5.56 Å². The molecule has 1 aliphatic heterocycles. The lowest BCUT2D eigenvalue weighted by atomic mass is 10.1. The summed E-state index contributed by atoms with van der Waals surface area (Å²) in [5, 5.41) is 13.0. The van der Waals surface area contributed by atoms with Crippen molar-refractivity contribution in [1.29, 1.82) is 0 Å². The highest BCUT2D eigenvalue weighted by Crippen LogP contribution is 2.29. The maximum atomic E-state index is 13.0. The van der Waals surface area contributed by atoms with Gasteiger partial charge in [0.1, 0.15) is 5.82 Å². The number of amides is 1. The van der Waals surface area contributed by atoms with Gasteiger partial charge in [-0.15, -0.1) is 0 Å². The van der Waals surface area contributed by atoms with E-state index in [1.807, 2.05) is 25.1 Å². The highest BCUT2D eigenvalue weighted by molar-refractivity contribution is 6.10. The Kier molecular flexibility index (Phi) is 5.11. The number of carbonyl (C=O) groups excluding carboxylic acids is 1. The zero-order valence-corrected chi connectivity index (χ0v) is 13.9. The summed E-state index contributed by atoms with van der Waals surface area (Å²) in [7, 11) is 0. The van der Waals surface area contributed by atoms with E-state index in [0.717, 1.165) is 24.9 Å². The van der Waals surface area contributed by atoms with Gasteiger partial charge in [0.25, 0.3) is 5.91 Å². The van der Waals surface area contributed by atoms with E-state index in [4.69, 9.17) is 0 Å². The van der Waals surface area contributed by atoms with Crippen LogP contribution in [0, 0.1) is 0 Å². The van der Waals surface area contributed by atoms with E-state index in [-0.39, 0.29) is 5.91 Å². The van der Waals surface area contributed by atoms with Crippen LogP contribution in [0.15, 0.2) is 42.6 Å². The Morgan fingerprint density at radius 3 is 3.00 bits per heavy atom. The van der Waals surface area contributed by atoms with Gasteiger partial charge in [-0.05, 0) is 36.6 Å². The summed E-state index contributed by atoms with van der Waals surface area (Å²) in [6.07, 6.45) is 3.74. The number of carbonyl (C=O) groups is 1. The van der Waals surface area contributed by atoms with Crippen molar-refractivity contribution >= 4 is 17.4 Å². The second-order valence-electron chi connectivity index (χ2n) is 6.06. The van der Waals surface area contributed by atoms with Gasteiger partial charge in [0, 0.05) is 25.0 Å². The summed E-state index contributed by atoms with van der Waals surface area (Å²) in [5.74, 6) is 0.475. The van der Waals surface area contributed by atoms with E-state index in [1.54, 1.807) is 23.2 Å². The molecule has 1 aromatic carbocycles. The highest BCUT2D eigenvalue weighted by Gasteiger charge is 2.27. The molecular formula is C19H23N3O2. The zero-order valence-electron chi connectivity index (χ0n) is 13.9. The summed E-state index contributed by atoms with van der Waals surface area (Å²) in [5.41, 5.74) is 2.71. The van der Waals surface area contributed by atoms with Gasteiger partial charge < -0.3 is 15.3 Å². The number of nitrogens with zero attached hydrogens (tertiary/aromatic N) is 2. The van der Waals surface area contributed by atoms with Crippen LogP contribution in [0.2, 0.25) is 0 Å². The predicted molar refractivity (Wildman–Crippen MR) is 95.5 cm³/mol. The number of nitrogens with one attached hydrogen (secondary N) is 1. The first-order valence-electron chi connectivity index (χ1n) is 8.47. The average molecular weight is 325 g/mol. The first kappa shape index (κ1) is 16.5. The Morgan fingerprint density at radius 2 is 2.17 bits per heavy atom. The average Bonchev–Trinajstić information content (AvgIpc) is 3.04. The molecule has 1 aliphatic rings. The van der Waals surface area contributed by atoms with Crippen LogP contribution < -0.4 is 10.2 Å². The Balaban J connectivity index is 1.79. The molecule has 1 atom stereocenters. The van der Waals surface area contributed by atoms with Crippen molar-refractivity contribution < 1.29 is 9.90 Å². The predicted octanol–water partition coefficient (Wildman–Crippen LogP) is 2.86. The molecule has 0 fully saturated rings. The second kappa shape index (κ2) is 7.45. The standard InChI is InChI=1S/C19H23N3O2/c1-2-6-15(23)13-21-18-16(8-5-11-20-18)19(24)22-12-10-14-7-3-4-9-17(14)22/h3-5,7-9,11,15,23H,2,6,10,12-13H2,1H3,(H,20,21). The van der Waals surface area contributed by atoms with E-state index in [9.17, 15) is 9.90 Å². The minimum Gasteiger partial charge on any atom is -0.391 e. The van der Waals surface area contributed by atoms with E-state index in [0.29, 0.717) is 24.5 Å². The molecule has 126 valence electrons. The number of hydrogen-bond donors (Lipinski definition) is 2. The number of aromatic nitrogens is 1. The number of hydrogen-bond acceptors (Lipinski definition) is 4. The lowest BCUT2D eigenvalue weighted by Crippen LogP contribution is -2.30. The van der Waals surface area contributed by atoms with Crippen molar-refractivity contribution in [2.24, 2.45) is 0 Å². The maximum Gasteiger partial charge on any atom is 0.262 e. The lowest BCUT2D eigenvalue weighted by Gasteiger charge is -2.19. The molecule has 0 saturated carbocycles. The zero-order chi connectivity index (χ0) is 16.9. The molecule has 0 aliphatic carbocycles. The SMILES string of the molecule is CCCC(O)CNc1ncccc1C(=O)N1CCc2ccccc21. The van der Waals surface area contributed by atoms with Crippen molar-refractivity contribution in [2.75, 3.05) is 23.3 Å². The number of benzene rings is 1. The van der Waals surface area contributed by atoms with Crippen LogP contribution in [-0.4, -0.2) is 35.2 Å². The van der Waals surface area contributed by atoms with Gasteiger partial charge >= 0.3 is 0 Å². The van der Waals surface area contributed by atoms with Crippen LogP contribution in [0.4, 0.5) is 11.5 Å². The summed E-state index contributed by atoms with van der Waals surface area (Å²) < 4.78 is 0. The van der Waals surface area contributed by atoms with Gasteiger partial charge in [-0.1, -0.05) is 31.5 Å². The number of aliphatic hydroxyl groups excluding tert-OH is 1. The van der Waals surface area contributed by atoms with E-state index < -0.39 is 6.10 Å². The fourth-order valence-electron chi connectivity index (χ4n) is 3.06. The number of rotatable bonds is 6. The molecule has 5 nitrogen and oxygen atoms in total. The van der Waals surface area contributed by atoms with E-state index >= 15 is 0 Å². The van der Waals surface area contributed by atoms with Crippen molar-refractivity contribution in [1.82, 2.24) is 4.98 Å². The lowest BCUT2D eigenvalue weighted by molar-refractivity contribution is 0.0989. The van der Waals surface area contributed by atoms with Gasteiger partial charge in [-0.2, -0.15) is 0 Å². The molecule has 0 radical (unpaired) electrons. The van der Waals surface area contributed by atoms with E-state index in [2.05, 4.69) is 16.4 Å². The van der Waals surface area contributed by atoms with Crippen LogP contribution >= 0.6 is 0 Å². The molecule has 5 heteroatoms. The first-order valence-corrected chi connectivity index (χ1v) is 8.47. The molecule has 0 spiro atoms. The van der Waals surface area contributed by atoms with Crippen LogP contribution in [0.5, 0.6) is 0 Å². The van der Waals surface area contributed by atoms with Gasteiger partial charge in [0.05, 0.1) is 11.7 Å². The van der Waals surface area contributed by atoms with Crippen molar-refractivity contribution in [2.45, 2.75) is 32.3 Å². The summed E-state index contributed by atoms with van der Waals surface area (Å²) in [4.78, 5) is 19.1. The molecule has 0 bridgehead atoms. The quantitative estimate of drug-likeness (QED) is 0.857. The Labute approximate surface area is 142 Å². The maximum absolute atomic E-state index is 13.0. The minimum absolute atomic E-state index is 0.0551. The largest absolute Gasteiger partial charge is 0.391 e. The Bertz CT molecular complexity index is 717. The van der Waals surface area contributed by atoms with Crippen molar-refractivity contribution in [3.8, 4) is 0 Å². The third kappa shape index (κ3) is 3.41. The Morgan fingerprint density at radius 1 is 1.33 bits per heavy atom. The molecule has 3 rings (SSSR count). The first-order chi connectivity index (χ1) is 11.7. The molecule has 1 aromatic heterocycles. The number of aliphatic hydroxyl groups is 1. The molecule has 1 amide bonds. The summed E-state index contributed by atoms with van der Waals surface area (Å²) in [6, 6.07) is 11.5. The molecule has 24 heavy (non-hydrogen) atoms. The van der Waals surface area contributed by atoms with Crippen molar-refractivity contribution in [3.63, 3.8) is 0 Å². The van der Waals surface area contributed by atoms with Gasteiger partial charge in [0.2, 0.25) is 0 Å². The smallest absolute Gasteiger partial charge is 0.262 e. The number of para-hydroxylation sites is 1. The fourth-order valence-corrected chi connectivity index (χ4v) is 3.06. The Hall–Kier alpha value is -2.40. The van der Waals surface area contributed by atoms with Crippen LogP contribution in [0.3, 0.4) is 0 Å². The van der Waals surface area contributed by atoms with Gasteiger partial charge in [-0.3, -0.25) is 4.79 Å². The third-order valence-corrected chi connectivity index (χ3v) is 4.30. The number of anilines is 2. The van der Waals surface area contributed by atoms with Crippen LogP contribution in [0.25, 0.3) is 0 Å². The van der Waals surface area contributed by atoms with Gasteiger partial charge in [-0.25, -0.2) is 4.98 Å². The topological polar surface area (TPSA) is 65.5 Å².